The van der Waals surface area contributed by atoms with Gasteiger partial charge in [-0.15, -0.1) is 5.10 Å². The van der Waals surface area contributed by atoms with Gasteiger partial charge >= 0.3 is 0 Å². The highest BCUT2D eigenvalue weighted by molar-refractivity contribution is 14.1. The number of halogens is 1. The molecule has 0 unspecified atom stereocenters. The van der Waals surface area contributed by atoms with Gasteiger partial charge < -0.3 is 10.2 Å². The Labute approximate surface area is 154 Å². The zero-order valence-corrected chi connectivity index (χ0v) is 15.9. The molecule has 7 heteroatoms. The molecule has 1 N–H and O–H groups in total. The highest BCUT2D eigenvalue weighted by atomic mass is 127. The van der Waals surface area contributed by atoms with Crippen molar-refractivity contribution < 1.29 is 0 Å². The second-order valence-electron chi connectivity index (χ2n) is 6.68. The van der Waals surface area contributed by atoms with Crippen LogP contribution in [0, 0.1) is 3.70 Å². The summed E-state index contributed by atoms with van der Waals surface area (Å²) in [6, 6.07) is 8.06. The minimum absolute atomic E-state index is 0.0964. The van der Waals surface area contributed by atoms with Gasteiger partial charge in [0.2, 0.25) is 0 Å². The highest BCUT2D eigenvalue weighted by Crippen LogP contribution is 2.26. The van der Waals surface area contributed by atoms with Crippen molar-refractivity contribution in [2.45, 2.75) is 19.4 Å². The van der Waals surface area contributed by atoms with Crippen LogP contribution in [0.2, 0.25) is 0 Å². The molecule has 6 nitrogen and oxygen atoms in total. The van der Waals surface area contributed by atoms with E-state index in [2.05, 4.69) is 57.7 Å². The quantitative estimate of drug-likeness (QED) is 0.629. The lowest BCUT2D eigenvalue weighted by Gasteiger charge is -2.39. The van der Waals surface area contributed by atoms with Crippen LogP contribution in [0.3, 0.4) is 0 Å². The van der Waals surface area contributed by atoms with Gasteiger partial charge in [-0.05, 0) is 60.7 Å². The molecular formula is C17H19IN6. The summed E-state index contributed by atoms with van der Waals surface area (Å²) >= 11 is 2.32. The molecule has 0 aromatic carbocycles. The Morgan fingerprint density at radius 2 is 1.96 bits per heavy atom. The zero-order chi connectivity index (χ0) is 16.7. The Morgan fingerprint density at radius 1 is 1.17 bits per heavy atom. The third-order valence-corrected chi connectivity index (χ3v) is 5.23. The van der Waals surface area contributed by atoms with Gasteiger partial charge in [0.15, 0.2) is 5.65 Å². The molecular weight excluding hydrogens is 415 g/mol. The minimum atomic E-state index is 0.0964. The first-order valence-electron chi connectivity index (χ1n) is 7.99. The van der Waals surface area contributed by atoms with Crippen molar-refractivity contribution in [3.05, 3.63) is 40.4 Å². The summed E-state index contributed by atoms with van der Waals surface area (Å²) < 4.78 is 2.95. The van der Waals surface area contributed by atoms with Crippen LogP contribution in [0.5, 0.6) is 0 Å². The summed E-state index contributed by atoms with van der Waals surface area (Å²) in [5.74, 6) is 0.994. The van der Waals surface area contributed by atoms with Crippen LogP contribution in [0.4, 0.5) is 5.82 Å². The lowest BCUT2D eigenvalue weighted by atomic mass is 10.0. The van der Waals surface area contributed by atoms with Gasteiger partial charge in [0.25, 0.3) is 0 Å². The normalized spacial score (nSPS) is 17.4. The fourth-order valence-electron chi connectivity index (χ4n) is 3.10. The predicted octanol–water partition coefficient (Wildman–Crippen LogP) is 2.58. The van der Waals surface area contributed by atoms with Gasteiger partial charge in [-0.3, -0.25) is 4.98 Å². The largest absolute Gasteiger partial charge is 0.352 e. The molecule has 1 fully saturated rings. The smallest absolute Gasteiger partial charge is 0.155 e. The van der Waals surface area contributed by atoms with Crippen molar-refractivity contribution in [1.29, 1.82) is 0 Å². The number of nitrogens with one attached hydrogen (secondary N) is 1. The van der Waals surface area contributed by atoms with Gasteiger partial charge in [-0.2, -0.15) is 0 Å². The first kappa shape index (κ1) is 15.8. The van der Waals surface area contributed by atoms with Crippen molar-refractivity contribution in [2.24, 2.45) is 0 Å². The molecule has 0 radical (unpaired) electrons. The summed E-state index contributed by atoms with van der Waals surface area (Å²) in [7, 11) is 0. The number of hydrogen-bond donors (Lipinski definition) is 1. The number of fused-ring (bicyclic) bond motifs is 1. The lowest BCUT2D eigenvalue weighted by molar-refractivity contribution is 0.351. The van der Waals surface area contributed by atoms with Crippen molar-refractivity contribution in [1.82, 2.24) is 24.9 Å². The molecule has 4 heterocycles. The SMILES string of the molecule is CC1(C)CN(c2ccc3nc(-c4ccncc4)c(I)n3n2)CCN1. The number of rotatable bonds is 2. The Hall–Kier alpha value is -1.74. The van der Waals surface area contributed by atoms with E-state index in [0.717, 1.165) is 46.1 Å². The maximum absolute atomic E-state index is 4.84. The second-order valence-corrected chi connectivity index (χ2v) is 7.70. The van der Waals surface area contributed by atoms with E-state index in [1.165, 1.54) is 0 Å². The van der Waals surface area contributed by atoms with Gasteiger partial charge in [-0.1, -0.05) is 0 Å². The second kappa shape index (κ2) is 5.96. The van der Waals surface area contributed by atoms with Gasteiger partial charge in [0, 0.05) is 43.1 Å². The Balaban J connectivity index is 1.75. The molecule has 1 aliphatic heterocycles. The molecule has 0 atom stereocenters. The molecule has 24 heavy (non-hydrogen) atoms. The zero-order valence-electron chi connectivity index (χ0n) is 13.7. The molecule has 0 saturated carbocycles. The summed E-state index contributed by atoms with van der Waals surface area (Å²) in [5, 5.41) is 8.38. The van der Waals surface area contributed by atoms with Crippen molar-refractivity contribution in [2.75, 3.05) is 24.5 Å². The maximum atomic E-state index is 4.84. The standard InChI is InChI=1S/C17H19IN6/c1-17(2)11-23(10-9-20-17)14-4-3-13-21-15(16(18)24(13)22-14)12-5-7-19-8-6-12/h3-8,20H,9-11H2,1-2H3. The number of anilines is 1. The highest BCUT2D eigenvalue weighted by Gasteiger charge is 2.27. The van der Waals surface area contributed by atoms with E-state index in [1.807, 2.05) is 22.7 Å². The van der Waals surface area contributed by atoms with Crippen molar-refractivity contribution in [3.63, 3.8) is 0 Å². The molecule has 124 valence electrons. The topological polar surface area (TPSA) is 58.4 Å². The molecule has 3 aromatic rings. The molecule has 4 rings (SSSR count). The number of nitrogens with zero attached hydrogens (tertiary/aromatic N) is 5. The summed E-state index contributed by atoms with van der Waals surface area (Å²) in [4.78, 5) is 11.1. The average molecular weight is 434 g/mol. The van der Waals surface area contributed by atoms with Crippen LogP contribution in [0.25, 0.3) is 16.9 Å². The van der Waals surface area contributed by atoms with Crippen molar-refractivity contribution >= 4 is 34.1 Å². The van der Waals surface area contributed by atoms with Crippen molar-refractivity contribution in [3.8, 4) is 11.3 Å². The predicted molar refractivity (Wildman–Crippen MR) is 103 cm³/mol. The van der Waals surface area contributed by atoms with E-state index < -0.39 is 0 Å². The Morgan fingerprint density at radius 3 is 2.71 bits per heavy atom. The molecule has 3 aromatic heterocycles. The van der Waals surface area contributed by atoms with Crippen LogP contribution >= 0.6 is 22.6 Å². The third kappa shape index (κ3) is 2.86. The molecule has 0 bridgehead atoms. The average Bonchev–Trinajstić information content (AvgIpc) is 2.91. The lowest BCUT2D eigenvalue weighted by Crippen LogP contribution is -2.57. The number of hydrogen-bond acceptors (Lipinski definition) is 5. The molecule has 0 amide bonds. The van der Waals surface area contributed by atoms with E-state index >= 15 is 0 Å². The Bertz CT molecular complexity index is 873. The summed E-state index contributed by atoms with van der Waals surface area (Å²) in [6.07, 6.45) is 3.58. The number of piperazine rings is 1. The third-order valence-electron chi connectivity index (χ3n) is 4.26. The number of imidazole rings is 1. The Kier molecular flexibility index (Phi) is 3.92. The van der Waals surface area contributed by atoms with Gasteiger partial charge in [0.05, 0.1) is 0 Å². The van der Waals surface area contributed by atoms with Crippen LogP contribution in [-0.4, -0.2) is 44.8 Å². The molecule has 0 spiro atoms. The fourth-order valence-corrected chi connectivity index (χ4v) is 3.88. The van der Waals surface area contributed by atoms with E-state index in [0.29, 0.717) is 0 Å². The molecule has 0 aliphatic carbocycles. The van der Waals surface area contributed by atoms with Crippen LogP contribution in [0.1, 0.15) is 13.8 Å². The molecule has 1 saturated heterocycles. The first-order valence-corrected chi connectivity index (χ1v) is 9.07. The monoisotopic (exact) mass is 434 g/mol. The van der Waals surface area contributed by atoms with Gasteiger partial charge in [-0.25, -0.2) is 9.50 Å². The van der Waals surface area contributed by atoms with Crippen LogP contribution in [0.15, 0.2) is 36.7 Å². The van der Waals surface area contributed by atoms with Crippen LogP contribution in [-0.2, 0) is 0 Å². The first-order chi connectivity index (χ1) is 11.5. The summed E-state index contributed by atoms with van der Waals surface area (Å²) in [5.41, 5.74) is 2.97. The van der Waals surface area contributed by atoms with E-state index in [9.17, 15) is 0 Å². The number of pyridine rings is 1. The van der Waals surface area contributed by atoms with E-state index in [4.69, 9.17) is 10.1 Å². The van der Waals surface area contributed by atoms with E-state index in [1.54, 1.807) is 12.4 Å². The minimum Gasteiger partial charge on any atom is -0.352 e. The maximum Gasteiger partial charge on any atom is 0.155 e. The van der Waals surface area contributed by atoms with Crippen LogP contribution < -0.4 is 10.2 Å². The summed E-state index contributed by atoms with van der Waals surface area (Å²) in [6.45, 7) is 7.31. The fraction of sp³-hybridized carbons (Fsp3) is 0.353. The van der Waals surface area contributed by atoms with E-state index in [-0.39, 0.29) is 5.54 Å². The number of aromatic nitrogens is 4. The van der Waals surface area contributed by atoms with Gasteiger partial charge in [0.1, 0.15) is 15.2 Å². The molecule has 1 aliphatic rings.